The van der Waals surface area contributed by atoms with Crippen molar-refractivity contribution in [3.63, 3.8) is 0 Å². The van der Waals surface area contributed by atoms with Crippen molar-refractivity contribution < 1.29 is 15.2 Å². The van der Waals surface area contributed by atoms with Crippen molar-refractivity contribution in [3.8, 4) is 0 Å². The first-order valence-electron chi connectivity index (χ1n) is 12.1. The Labute approximate surface area is 208 Å². The van der Waals surface area contributed by atoms with Gasteiger partial charge in [0.2, 0.25) is 5.96 Å². The molecule has 4 N–H and O–H groups in total. The van der Waals surface area contributed by atoms with E-state index in [1.165, 1.54) is 0 Å². The summed E-state index contributed by atoms with van der Waals surface area (Å²) in [4.78, 5) is 17.5. The molecule has 0 spiro atoms. The second-order valence-corrected chi connectivity index (χ2v) is 8.67. The fourth-order valence-corrected chi connectivity index (χ4v) is 4.31. The van der Waals surface area contributed by atoms with Crippen molar-refractivity contribution in [3.05, 3.63) is 78.4 Å². The molecule has 0 atom stereocenters. The van der Waals surface area contributed by atoms with Crippen LogP contribution in [0.25, 0.3) is 21.8 Å². The lowest BCUT2D eigenvalue weighted by Gasteiger charge is -2.29. The summed E-state index contributed by atoms with van der Waals surface area (Å²) in [6, 6.07) is 22.5. The molecule has 0 fully saturated rings. The second kappa shape index (κ2) is 10.6. The van der Waals surface area contributed by atoms with Crippen LogP contribution in [0.2, 0.25) is 0 Å². The van der Waals surface area contributed by atoms with Gasteiger partial charge in [0, 0.05) is 23.9 Å². The van der Waals surface area contributed by atoms with Crippen LogP contribution >= 0.6 is 0 Å². The fourth-order valence-electron chi connectivity index (χ4n) is 4.31. The third-order valence-corrected chi connectivity index (χ3v) is 6.18. The number of benzene rings is 3. The van der Waals surface area contributed by atoms with Crippen LogP contribution in [0.5, 0.6) is 0 Å². The van der Waals surface area contributed by atoms with Crippen LogP contribution < -0.4 is 20.9 Å². The van der Waals surface area contributed by atoms with Gasteiger partial charge >= 0.3 is 0 Å². The molecule has 1 aromatic heterocycles. The second-order valence-electron chi connectivity index (χ2n) is 8.67. The minimum Gasteiger partial charge on any atom is -0.353 e. The van der Waals surface area contributed by atoms with Crippen LogP contribution in [0, 0.1) is 0 Å². The molecular formula is C27H28N6O3. The molecule has 5 rings (SSSR count). The number of aromatic nitrogens is 1. The van der Waals surface area contributed by atoms with Gasteiger partial charge in [-0.25, -0.2) is 4.98 Å². The number of guanidine groups is 1. The van der Waals surface area contributed by atoms with Crippen LogP contribution in [0.3, 0.4) is 0 Å². The van der Waals surface area contributed by atoms with Gasteiger partial charge in [0.15, 0.2) is 0 Å². The number of pyridine rings is 1. The van der Waals surface area contributed by atoms with Gasteiger partial charge in [-0.2, -0.15) is 5.06 Å². The Kier molecular flexibility index (Phi) is 6.92. The number of para-hydroxylation sites is 4. The maximum absolute atomic E-state index is 12.8. The average Bonchev–Trinajstić information content (AvgIpc) is 2.91. The highest BCUT2D eigenvalue weighted by Crippen LogP contribution is 2.30. The monoisotopic (exact) mass is 484 g/mol. The highest BCUT2D eigenvalue weighted by Gasteiger charge is 2.23. The number of hydrogen-bond acceptors (Lipinski definition) is 8. The maximum Gasteiger partial charge on any atom is 0.253 e. The number of fused-ring (bicyclic) bond motifs is 3. The quantitative estimate of drug-likeness (QED) is 0.213. The predicted octanol–water partition coefficient (Wildman–Crippen LogP) is 4.64. The van der Waals surface area contributed by atoms with Gasteiger partial charge in [-0.3, -0.25) is 15.2 Å². The van der Waals surface area contributed by atoms with Crippen molar-refractivity contribution in [1.82, 2.24) is 15.6 Å². The van der Waals surface area contributed by atoms with Gasteiger partial charge in [-0.05, 0) is 43.2 Å². The molecule has 0 radical (unpaired) electrons. The molecule has 0 aliphatic carbocycles. The van der Waals surface area contributed by atoms with Gasteiger partial charge in [0.1, 0.15) is 11.4 Å². The number of nitrogens with one attached hydrogen (secondary N) is 2. The summed E-state index contributed by atoms with van der Waals surface area (Å²) in [7, 11) is 0. The summed E-state index contributed by atoms with van der Waals surface area (Å²) in [6.07, 6.45) is 3.61. The van der Waals surface area contributed by atoms with Gasteiger partial charge in [0.25, 0.3) is 5.91 Å². The van der Waals surface area contributed by atoms with Crippen molar-refractivity contribution in [2.24, 2.45) is 5.10 Å². The number of carbonyl (C=O) groups excluding carboxylic acids is 1. The molecule has 1 aliphatic rings. The highest BCUT2D eigenvalue weighted by atomic mass is 16.5. The van der Waals surface area contributed by atoms with Crippen molar-refractivity contribution in [2.75, 3.05) is 23.3 Å². The van der Waals surface area contributed by atoms with E-state index < -0.39 is 0 Å². The third-order valence-electron chi connectivity index (χ3n) is 6.18. The molecule has 0 unspecified atom stereocenters. The summed E-state index contributed by atoms with van der Waals surface area (Å²) in [6.45, 7) is 1.18. The number of hydroxylamine groups is 1. The van der Waals surface area contributed by atoms with Crippen LogP contribution in [0.4, 0.5) is 11.4 Å². The van der Waals surface area contributed by atoms with Gasteiger partial charge in [0.05, 0.1) is 16.6 Å². The maximum atomic E-state index is 12.8. The molecule has 9 heteroatoms. The SMILES string of the molecule is O=C(NCCCCCCNC1=NN(O)c2ccccc2N1O)c1cccc2cc3ccccc3nc12. The lowest BCUT2D eigenvalue weighted by atomic mass is 10.1. The number of carbonyl (C=O) groups is 1. The van der Waals surface area contributed by atoms with Crippen LogP contribution in [0.15, 0.2) is 77.9 Å². The lowest BCUT2D eigenvalue weighted by Crippen LogP contribution is -2.44. The van der Waals surface area contributed by atoms with E-state index in [1.54, 1.807) is 24.3 Å². The number of rotatable bonds is 8. The van der Waals surface area contributed by atoms with E-state index in [0.717, 1.165) is 52.2 Å². The number of amides is 1. The molecule has 0 bridgehead atoms. The summed E-state index contributed by atoms with van der Waals surface area (Å²) in [5, 5.41) is 34.1. The molecule has 1 amide bonds. The van der Waals surface area contributed by atoms with Crippen molar-refractivity contribution >= 4 is 45.0 Å². The Bertz CT molecular complexity index is 1420. The number of anilines is 2. The molecule has 2 heterocycles. The standard InChI is InChI=1S/C27H28N6O3/c34-26(21-12-9-11-20-18-19-10-3-4-13-22(19)30-25(20)21)28-16-7-1-2-8-17-29-27-31-33(36)24-15-6-5-14-23(24)32(27)35/h3-6,9-15,18,35-36H,1-2,7-8,16-17H2,(H,28,34)(H,29,31). The predicted molar refractivity (Wildman–Crippen MR) is 140 cm³/mol. The van der Waals surface area contributed by atoms with Crippen molar-refractivity contribution in [2.45, 2.75) is 25.7 Å². The molecule has 4 aromatic rings. The van der Waals surface area contributed by atoms with Crippen LogP contribution in [-0.4, -0.2) is 40.4 Å². The van der Waals surface area contributed by atoms with Gasteiger partial charge in [-0.1, -0.05) is 55.3 Å². The third kappa shape index (κ3) is 4.93. The topological polar surface area (TPSA) is 113 Å². The Morgan fingerprint density at radius 3 is 2.39 bits per heavy atom. The number of hydrazone groups is 1. The Morgan fingerprint density at radius 1 is 0.806 bits per heavy atom. The molecular weight excluding hydrogens is 456 g/mol. The van der Waals surface area contributed by atoms with E-state index in [1.807, 2.05) is 42.5 Å². The first kappa shape index (κ1) is 23.5. The number of hydrogen-bond donors (Lipinski definition) is 4. The molecule has 0 saturated carbocycles. The van der Waals surface area contributed by atoms with E-state index in [4.69, 9.17) is 4.98 Å². The van der Waals surface area contributed by atoms with E-state index in [2.05, 4.69) is 21.8 Å². The summed E-state index contributed by atoms with van der Waals surface area (Å²) >= 11 is 0. The van der Waals surface area contributed by atoms with E-state index in [9.17, 15) is 15.2 Å². The Hall–Kier alpha value is -4.21. The summed E-state index contributed by atoms with van der Waals surface area (Å²) in [5.41, 5.74) is 3.03. The number of nitrogens with zero attached hydrogens (tertiary/aromatic N) is 4. The molecule has 36 heavy (non-hydrogen) atoms. The summed E-state index contributed by atoms with van der Waals surface area (Å²) in [5.74, 6) is 0.0529. The zero-order valence-corrected chi connectivity index (χ0v) is 19.8. The van der Waals surface area contributed by atoms with Crippen molar-refractivity contribution in [1.29, 1.82) is 0 Å². The molecule has 1 aliphatic heterocycles. The molecule has 9 nitrogen and oxygen atoms in total. The van der Waals surface area contributed by atoms with Crippen LogP contribution in [-0.2, 0) is 0 Å². The fraction of sp³-hybridized carbons (Fsp3) is 0.222. The molecule has 184 valence electrons. The number of unbranched alkanes of at least 4 members (excludes halogenated alkanes) is 3. The van der Waals surface area contributed by atoms with E-state index >= 15 is 0 Å². The zero-order valence-electron chi connectivity index (χ0n) is 19.8. The zero-order chi connectivity index (χ0) is 24.9. The first-order valence-corrected chi connectivity index (χ1v) is 12.1. The highest BCUT2D eigenvalue weighted by molar-refractivity contribution is 6.07. The first-order chi connectivity index (χ1) is 17.6. The molecule has 0 saturated heterocycles. The van der Waals surface area contributed by atoms with E-state index in [-0.39, 0.29) is 11.9 Å². The molecule has 3 aromatic carbocycles. The average molecular weight is 485 g/mol. The minimum atomic E-state index is -0.114. The normalized spacial score (nSPS) is 13.0. The van der Waals surface area contributed by atoms with Gasteiger partial charge < -0.3 is 10.6 Å². The van der Waals surface area contributed by atoms with E-state index in [0.29, 0.717) is 35.5 Å². The smallest absolute Gasteiger partial charge is 0.253 e. The van der Waals surface area contributed by atoms with Crippen LogP contribution in [0.1, 0.15) is 36.0 Å². The largest absolute Gasteiger partial charge is 0.353 e. The van der Waals surface area contributed by atoms with Gasteiger partial charge in [-0.15, -0.1) is 10.3 Å². The summed E-state index contributed by atoms with van der Waals surface area (Å²) < 4.78 is 0. The Balaban J connectivity index is 1.05. The Morgan fingerprint density at radius 2 is 1.53 bits per heavy atom. The lowest BCUT2D eigenvalue weighted by molar-refractivity contribution is 0.0954. The minimum absolute atomic E-state index is 0.114.